The molecule has 2 aromatic carbocycles. The molecule has 1 aliphatic rings. The number of rotatable bonds is 1. The van der Waals surface area contributed by atoms with Gasteiger partial charge in [-0.15, -0.1) is 0 Å². The fourth-order valence-corrected chi connectivity index (χ4v) is 6.20. The van der Waals surface area contributed by atoms with Crippen molar-refractivity contribution >= 4 is 139 Å². The Kier molecular flexibility index (Phi) is 6.89. The lowest BCUT2D eigenvalue weighted by Crippen LogP contribution is -2.36. The Labute approximate surface area is 216 Å². The van der Waals surface area contributed by atoms with Gasteiger partial charge in [-0.3, -0.25) is 14.4 Å². The van der Waals surface area contributed by atoms with Crippen LogP contribution in [0.1, 0.15) is 31.1 Å². The summed E-state index contributed by atoms with van der Waals surface area (Å²) in [4.78, 5) is 39.4. The van der Waals surface area contributed by atoms with Gasteiger partial charge in [0.1, 0.15) is 0 Å². The molecule has 0 unspecified atom stereocenters. The van der Waals surface area contributed by atoms with Crippen LogP contribution in [-0.2, 0) is 0 Å². The van der Waals surface area contributed by atoms with Gasteiger partial charge in [0.15, 0.2) is 0 Å². The van der Waals surface area contributed by atoms with E-state index in [2.05, 4.69) is 63.7 Å². The summed E-state index contributed by atoms with van der Waals surface area (Å²) in [6.45, 7) is 0. The molecular formula is C15Br4Cl5NO3. The van der Waals surface area contributed by atoms with Crippen LogP contribution in [0.5, 0.6) is 0 Å². The van der Waals surface area contributed by atoms with Crippen molar-refractivity contribution in [3.8, 4) is 0 Å². The van der Waals surface area contributed by atoms with Crippen molar-refractivity contribution in [3.63, 3.8) is 0 Å². The Bertz CT molecular complexity index is 1060. The predicted molar refractivity (Wildman–Crippen MR) is 124 cm³/mol. The van der Waals surface area contributed by atoms with E-state index in [4.69, 9.17) is 58.0 Å². The van der Waals surface area contributed by atoms with E-state index in [0.717, 1.165) is 0 Å². The number of benzene rings is 2. The molecule has 0 saturated carbocycles. The van der Waals surface area contributed by atoms with Crippen LogP contribution in [0.3, 0.4) is 0 Å². The number of amides is 3. The van der Waals surface area contributed by atoms with Crippen LogP contribution in [0.4, 0.5) is 0 Å². The fourth-order valence-electron chi connectivity index (χ4n) is 2.44. The summed E-state index contributed by atoms with van der Waals surface area (Å²) >= 11 is 43.2. The van der Waals surface area contributed by atoms with E-state index in [1.54, 1.807) is 0 Å². The Balaban J connectivity index is 2.24. The molecule has 4 nitrogen and oxygen atoms in total. The first-order valence-corrected chi connectivity index (χ1v) is 11.8. The second-order valence-corrected chi connectivity index (χ2v) is 10.3. The lowest BCUT2D eigenvalue weighted by Gasteiger charge is -2.16. The maximum atomic E-state index is 13.1. The van der Waals surface area contributed by atoms with Crippen molar-refractivity contribution in [1.82, 2.24) is 4.90 Å². The number of hydrogen-bond donors (Lipinski definition) is 0. The van der Waals surface area contributed by atoms with E-state index < -0.39 is 23.3 Å². The zero-order valence-corrected chi connectivity index (χ0v) is 22.7. The summed E-state index contributed by atoms with van der Waals surface area (Å²) in [6, 6.07) is 0. The van der Waals surface area contributed by atoms with Crippen molar-refractivity contribution in [2.24, 2.45) is 0 Å². The monoisotopic (exact) mass is 733 g/mol. The molecule has 1 aliphatic heterocycles. The summed E-state index contributed by atoms with van der Waals surface area (Å²) in [5.74, 6) is -2.84. The largest absolute Gasteiger partial charge is 0.271 e. The van der Waals surface area contributed by atoms with Crippen LogP contribution in [0.25, 0.3) is 0 Å². The minimum absolute atomic E-state index is 0.0151. The van der Waals surface area contributed by atoms with Crippen molar-refractivity contribution in [1.29, 1.82) is 0 Å². The van der Waals surface area contributed by atoms with Gasteiger partial charge in [0.25, 0.3) is 17.7 Å². The molecule has 2 aromatic rings. The summed E-state index contributed by atoms with van der Waals surface area (Å²) < 4.78 is 1.52. The van der Waals surface area contributed by atoms with Crippen LogP contribution >= 0.6 is 122 Å². The summed E-state index contributed by atoms with van der Waals surface area (Å²) in [7, 11) is 0. The molecule has 0 aromatic heterocycles. The van der Waals surface area contributed by atoms with Crippen molar-refractivity contribution < 1.29 is 14.4 Å². The second kappa shape index (κ2) is 8.28. The maximum Gasteiger partial charge on any atom is 0.271 e. The number of carbonyl (C=O) groups excluding carboxylic acids is 3. The standard InChI is InChI=1S/C15Br4Cl5NO3/c16-4-1-2(5(17)7(19)6(4)18)14(27)25(13(1)26)15(28)3-8(20)10(22)12(24)11(23)9(3)21. The predicted octanol–water partition coefficient (Wildman–Crippen LogP) is 8.44. The molecule has 0 fully saturated rings. The molecule has 0 atom stereocenters. The van der Waals surface area contributed by atoms with E-state index >= 15 is 0 Å². The third-order valence-corrected chi connectivity index (χ3v) is 10.8. The van der Waals surface area contributed by atoms with Crippen LogP contribution < -0.4 is 0 Å². The van der Waals surface area contributed by atoms with Gasteiger partial charge in [-0.2, -0.15) is 0 Å². The minimum atomic E-state index is -1.09. The average molecular weight is 739 g/mol. The van der Waals surface area contributed by atoms with E-state index in [0.29, 0.717) is 13.8 Å². The molecule has 3 amide bonds. The van der Waals surface area contributed by atoms with Crippen LogP contribution in [0, 0.1) is 0 Å². The molecule has 3 rings (SSSR count). The van der Waals surface area contributed by atoms with Crippen molar-refractivity contribution in [2.45, 2.75) is 0 Å². The number of fused-ring (bicyclic) bond motifs is 1. The van der Waals surface area contributed by atoms with Gasteiger partial charge in [-0.25, -0.2) is 4.90 Å². The highest BCUT2D eigenvalue weighted by molar-refractivity contribution is 9.15. The molecule has 0 N–H and O–H groups in total. The van der Waals surface area contributed by atoms with Crippen molar-refractivity contribution in [2.75, 3.05) is 0 Å². The van der Waals surface area contributed by atoms with Gasteiger partial charge < -0.3 is 0 Å². The molecule has 13 heteroatoms. The van der Waals surface area contributed by atoms with Crippen LogP contribution in [0.15, 0.2) is 17.9 Å². The molecule has 0 radical (unpaired) electrons. The highest BCUT2D eigenvalue weighted by atomic mass is 79.9. The van der Waals surface area contributed by atoms with Crippen LogP contribution in [0.2, 0.25) is 25.1 Å². The average Bonchev–Trinajstić information content (AvgIpc) is 2.91. The number of hydrogen-bond acceptors (Lipinski definition) is 3. The topological polar surface area (TPSA) is 54.5 Å². The number of carbonyl (C=O) groups is 3. The Morgan fingerprint density at radius 3 is 1.29 bits per heavy atom. The Morgan fingerprint density at radius 1 is 0.607 bits per heavy atom. The van der Waals surface area contributed by atoms with Gasteiger partial charge in [-0.1, -0.05) is 58.0 Å². The van der Waals surface area contributed by atoms with Gasteiger partial charge >= 0.3 is 0 Å². The Hall–Kier alpha value is 0.620. The van der Waals surface area contributed by atoms with Crippen molar-refractivity contribution in [3.05, 3.63) is 59.7 Å². The number of imide groups is 3. The highest BCUT2D eigenvalue weighted by Gasteiger charge is 2.46. The second-order valence-electron chi connectivity index (χ2n) is 5.20. The summed E-state index contributed by atoms with van der Waals surface area (Å²) in [6.07, 6.45) is 0. The third kappa shape index (κ3) is 3.31. The minimum Gasteiger partial charge on any atom is -0.268 e. The smallest absolute Gasteiger partial charge is 0.268 e. The van der Waals surface area contributed by atoms with Gasteiger partial charge in [0.05, 0.1) is 41.8 Å². The molecule has 0 saturated heterocycles. The quantitative estimate of drug-likeness (QED) is 0.168. The van der Waals surface area contributed by atoms with Gasteiger partial charge in [0, 0.05) is 17.9 Å². The molecule has 146 valence electrons. The normalized spacial score (nSPS) is 13.4. The van der Waals surface area contributed by atoms with Crippen LogP contribution in [-0.4, -0.2) is 22.6 Å². The lowest BCUT2D eigenvalue weighted by atomic mass is 10.1. The molecule has 0 bridgehead atoms. The Morgan fingerprint density at radius 2 is 0.929 bits per heavy atom. The fraction of sp³-hybridized carbons (Fsp3) is 0. The van der Waals surface area contributed by atoms with E-state index in [1.165, 1.54) is 0 Å². The maximum absolute atomic E-state index is 13.1. The highest BCUT2D eigenvalue weighted by Crippen LogP contribution is 2.47. The zero-order valence-electron chi connectivity index (χ0n) is 12.6. The summed E-state index contributed by atoms with van der Waals surface area (Å²) in [5, 5.41) is -1.28. The van der Waals surface area contributed by atoms with Gasteiger partial charge in [0.2, 0.25) is 0 Å². The zero-order chi connectivity index (χ0) is 21.2. The first-order chi connectivity index (χ1) is 12.9. The summed E-state index contributed by atoms with van der Waals surface area (Å²) in [5.41, 5.74) is -0.444. The number of nitrogens with zero attached hydrogens (tertiary/aromatic N) is 1. The molecule has 0 spiro atoms. The molecular weight excluding hydrogens is 739 g/mol. The molecule has 28 heavy (non-hydrogen) atoms. The SMILES string of the molecule is O=C(c1c(Cl)c(Cl)c(Cl)c(Cl)c1Cl)N1C(=O)c2c(Br)c(Br)c(Br)c(Br)c2C1=O. The first kappa shape index (κ1) is 23.3. The first-order valence-electron chi connectivity index (χ1n) is 6.73. The number of halogens is 9. The van der Waals surface area contributed by atoms with E-state index in [1.807, 2.05) is 0 Å². The third-order valence-electron chi connectivity index (χ3n) is 3.73. The molecule has 1 heterocycles. The molecule has 0 aliphatic carbocycles. The lowest BCUT2D eigenvalue weighted by molar-refractivity contribution is 0.0566. The van der Waals surface area contributed by atoms with E-state index in [9.17, 15) is 14.4 Å². The van der Waals surface area contributed by atoms with E-state index in [-0.39, 0.29) is 45.2 Å². The van der Waals surface area contributed by atoms with Gasteiger partial charge in [-0.05, 0) is 63.7 Å².